The maximum atomic E-state index is 13.8. The topological polar surface area (TPSA) is 41.1 Å². The second-order valence-electron chi connectivity index (χ2n) is 4.99. The molecular formula is C15H21FN2O. The van der Waals surface area contributed by atoms with Crippen LogP contribution in [-0.2, 0) is 4.79 Å². The molecule has 2 atom stereocenters. The number of halogens is 1. The normalized spacial score (nSPS) is 21.6. The van der Waals surface area contributed by atoms with Crippen LogP contribution in [-0.4, -0.2) is 18.5 Å². The summed E-state index contributed by atoms with van der Waals surface area (Å²) in [6.07, 6.45) is 3.60. The van der Waals surface area contributed by atoms with Crippen LogP contribution >= 0.6 is 0 Å². The lowest BCUT2D eigenvalue weighted by Crippen LogP contribution is -2.44. The maximum Gasteiger partial charge on any atom is 0.237 e. The van der Waals surface area contributed by atoms with Crippen LogP contribution in [0.25, 0.3) is 0 Å². The van der Waals surface area contributed by atoms with E-state index < -0.39 is 0 Å². The summed E-state index contributed by atoms with van der Waals surface area (Å²) in [6.45, 7) is 2.74. The third-order valence-corrected chi connectivity index (χ3v) is 3.63. The van der Waals surface area contributed by atoms with Gasteiger partial charge in [-0.2, -0.15) is 0 Å². The first-order valence-corrected chi connectivity index (χ1v) is 7.00. The van der Waals surface area contributed by atoms with E-state index in [9.17, 15) is 9.18 Å². The third kappa shape index (κ3) is 3.53. The van der Waals surface area contributed by atoms with E-state index in [-0.39, 0.29) is 23.8 Å². The summed E-state index contributed by atoms with van der Waals surface area (Å²) in [5, 5.41) is 6.20. The van der Waals surface area contributed by atoms with Gasteiger partial charge in [0.15, 0.2) is 0 Å². The number of nitrogens with one attached hydrogen (secondary N) is 2. The van der Waals surface area contributed by atoms with Crippen molar-refractivity contribution in [2.24, 2.45) is 0 Å². The molecular weight excluding hydrogens is 243 g/mol. The van der Waals surface area contributed by atoms with E-state index in [1.807, 2.05) is 13.0 Å². The molecule has 0 saturated carbocycles. The summed E-state index contributed by atoms with van der Waals surface area (Å²) in [5.74, 6) is -0.178. The highest BCUT2D eigenvalue weighted by Gasteiger charge is 2.24. The predicted octanol–water partition coefficient (Wildman–Crippen LogP) is 2.54. The van der Waals surface area contributed by atoms with Crippen molar-refractivity contribution in [3.63, 3.8) is 0 Å². The van der Waals surface area contributed by atoms with Gasteiger partial charge in [-0.15, -0.1) is 0 Å². The molecule has 0 aliphatic carbocycles. The SMILES string of the molecule is CC[C@@H](N[C@@H]1CCCCNC1=O)c1ccccc1F. The van der Waals surface area contributed by atoms with Gasteiger partial charge in [0.2, 0.25) is 5.91 Å². The second-order valence-corrected chi connectivity index (χ2v) is 4.99. The Hall–Kier alpha value is -1.42. The molecule has 1 fully saturated rings. The van der Waals surface area contributed by atoms with Gasteiger partial charge >= 0.3 is 0 Å². The molecule has 2 N–H and O–H groups in total. The fraction of sp³-hybridized carbons (Fsp3) is 0.533. The van der Waals surface area contributed by atoms with Gasteiger partial charge in [0.1, 0.15) is 5.82 Å². The van der Waals surface area contributed by atoms with Gasteiger partial charge in [-0.1, -0.05) is 25.1 Å². The molecule has 0 unspecified atom stereocenters. The number of hydrogen-bond donors (Lipinski definition) is 2. The Morgan fingerprint density at radius 3 is 2.95 bits per heavy atom. The van der Waals surface area contributed by atoms with Crippen LogP contribution in [0.15, 0.2) is 24.3 Å². The van der Waals surface area contributed by atoms with Crippen LogP contribution in [0, 0.1) is 5.82 Å². The second kappa shape index (κ2) is 6.66. The molecule has 1 aliphatic rings. The van der Waals surface area contributed by atoms with E-state index in [1.54, 1.807) is 12.1 Å². The van der Waals surface area contributed by atoms with Gasteiger partial charge in [-0.05, 0) is 31.7 Å². The Bertz CT molecular complexity index is 436. The molecule has 0 spiro atoms. The highest BCUT2D eigenvalue weighted by molar-refractivity contribution is 5.81. The number of hydrogen-bond acceptors (Lipinski definition) is 2. The zero-order chi connectivity index (χ0) is 13.7. The Morgan fingerprint density at radius 1 is 1.42 bits per heavy atom. The van der Waals surface area contributed by atoms with Crippen LogP contribution in [0.5, 0.6) is 0 Å². The van der Waals surface area contributed by atoms with Crippen LogP contribution in [0.2, 0.25) is 0 Å². The average Bonchev–Trinajstić information content (AvgIpc) is 2.62. The molecule has 1 saturated heterocycles. The van der Waals surface area contributed by atoms with Gasteiger partial charge in [0, 0.05) is 18.2 Å². The number of amides is 1. The van der Waals surface area contributed by atoms with Crippen molar-refractivity contribution in [3.8, 4) is 0 Å². The van der Waals surface area contributed by atoms with E-state index in [1.165, 1.54) is 6.07 Å². The standard InChI is InChI=1S/C15H21FN2O/c1-2-13(11-7-3-4-8-12(11)16)18-14-9-5-6-10-17-15(14)19/h3-4,7-8,13-14,18H,2,5-6,9-10H2,1H3,(H,17,19)/t13-,14-/m1/s1. The van der Waals surface area contributed by atoms with Gasteiger partial charge in [-0.3, -0.25) is 10.1 Å². The highest BCUT2D eigenvalue weighted by Crippen LogP contribution is 2.21. The largest absolute Gasteiger partial charge is 0.355 e. The molecule has 1 aliphatic heterocycles. The zero-order valence-corrected chi connectivity index (χ0v) is 11.3. The smallest absolute Gasteiger partial charge is 0.237 e. The van der Waals surface area contributed by atoms with Crippen molar-refractivity contribution >= 4 is 5.91 Å². The van der Waals surface area contributed by atoms with Crippen molar-refractivity contribution in [3.05, 3.63) is 35.6 Å². The fourth-order valence-corrected chi connectivity index (χ4v) is 2.53. The van der Waals surface area contributed by atoms with Crippen LogP contribution in [0.4, 0.5) is 4.39 Å². The summed E-state index contributed by atoms with van der Waals surface area (Å²) < 4.78 is 13.8. The summed E-state index contributed by atoms with van der Waals surface area (Å²) in [7, 11) is 0. The van der Waals surface area contributed by atoms with E-state index in [4.69, 9.17) is 0 Å². The van der Waals surface area contributed by atoms with E-state index in [2.05, 4.69) is 10.6 Å². The van der Waals surface area contributed by atoms with E-state index in [0.717, 1.165) is 32.2 Å². The minimum Gasteiger partial charge on any atom is -0.355 e. The summed E-state index contributed by atoms with van der Waals surface area (Å²) in [6, 6.07) is 6.43. The van der Waals surface area contributed by atoms with Crippen LogP contribution < -0.4 is 10.6 Å². The van der Waals surface area contributed by atoms with Gasteiger partial charge in [0.05, 0.1) is 6.04 Å². The van der Waals surface area contributed by atoms with E-state index in [0.29, 0.717) is 5.56 Å². The molecule has 19 heavy (non-hydrogen) atoms. The van der Waals surface area contributed by atoms with E-state index >= 15 is 0 Å². The quantitative estimate of drug-likeness (QED) is 0.877. The summed E-state index contributed by atoms with van der Waals surface area (Å²) in [4.78, 5) is 11.9. The van der Waals surface area contributed by atoms with Crippen LogP contribution in [0.3, 0.4) is 0 Å². The van der Waals surface area contributed by atoms with Gasteiger partial charge < -0.3 is 5.32 Å². The predicted molar refractivity (Wildman–Crippen MR) is 73.2 cm³/mol. The number of benzene rings is 1. The Morgan fingerprint density at radius 2 is 2.21 bits per heavy atom. The Balaban J connectivity index is 2.10. The molecule has 0 aromatic heterocycles. The molecule has 1 aromatic carbocycles. The molecule has 0 radical (unpaired) electrons. The number of rotatable bonds is 4. The fourth-order valence-electron chi connectivity index (χ4n) is 2.53. The van der Waals surface area contributed by atoms with Crippen molar-refractivity contribution in [2.75, 3.05) is 6.54 Å². The molecule has 2 rings (SSSR count). The Kier molecular flexibility index (Phi) is 4.91. The van der Waals surface area contributed by atoms with Crippen molar-refractivity contribution in [1.82, 2.24) is 10.6 Å². The first-order chi connectivity index (χ1) is 9.22. The van der Waals surface area contributed by atoms with Gasteiger partial charge in [0.25, 0.3) is 0 Å². The molecule has 1 amide bonds. The summed E-state index contributed by atoms with van der Waals surface area (Å²) >= 11 is 0. The maximum absolute atomic E-state index is 13.8. The molecule has 1 aromatic rings. The molecule has 1 heterocycles. The lowest BCUT2D eigenvalue weighted by atomic mass is 10.0. The number of carbonyl (C=O) groups excluding carboxylic acids is 1. The third-order valence-electron chi connectivity index (χ3n) is 3.63. The Labute approximate surface area is 113 Å². The van der Waals surface area contributed by atoms with Crippen molar-refractivity contribution in [1.29, 1.82) is 0 Å². The minimum absolute atomic E-state index is 0.0345. The molecule has 104 valence electrons. The van der Waals surface area contributed by atoms with Crippen molar-refractivity contribution < 1.29 is 9.18 Å². The lowest BCUT2D eigenvalue weighted by molar-refractivity contribution is -0.123. The monoisotopic (exact) mass is 264 g/mol. The lowest BCUT2D eigenvalue weighted by Gasteiger charge is -2.23. The average molecular weight is 264 g/mol. The molecule has 3 nitrogen and oxygen atoms in total. The molecule has 0 bridgehead atoms. The zero-order valence-electron chi connectivity index (χ0n) is 11.3. The van der Waals surface area contributed by atoms with Crippen LogP contribution in [0.1, 0.15) is 44.2 Å². The first-order valence-electron chi connectivity index (χ1n) is 7.00. The van der Waals surface area contributed by atoms with Gasteiger partial charge in [-0.25, -0.2) is 4.39 Å². The summed E-state index contributed by atoms with van der Waals surface area (Å²) in [5.41, 5.74) is 0.641. The first kappa shape index (κ1) is 14.0. The molecule has 4 heteroatoms. The number of carbonyl (C=O) groups is 1. The minimum atomic E-state index is -0.216. The highest BCUT2D eigenvalue weighted by atomic mass is 19.1. The van der Waals surface area contributed by atoms with Crippen molar-refractivity contribution in [2.45, 2.75) is 44.7 Å².